The zero-order chi connectivity index (χ0) is 13.0. The Kier molecular flexibility index (Phi) is 2.61. The summed E-state index contributed by atoms with van der Waals surface area (Å²) < 4.78 is 14.3. The summed E-state index contributed by atoms with van der Waals surface area (Å²) >= 11 is 0. The van der Waals surface area contributed by atoms with Gasteiger partial charge in [0, 0.05) is 6.20 Å². The minimum atomic E-state index is -0.293. The summed E-state index contributed by atoms with van der Waals surface area (Å²) in [5, 5.41) is 4.43. The molecule has 0 radical (unpaired) electrons. The average Bonchev–Trinajstić information content (AvgIpc) is 2.68. The molecule has 1 aliphatic heterocycles. The van der Waals surface area contributed by atoms with Gasteiger partial charge in [0.05, 0.1) is 22.8 Å². The first-order valence-corrected chi connectivity index (χ1v) is 6.80. The highest BCUT2D eigenvalue weighted by Gasteiger charge is 2.53. The first kappa shape index (κ1) is 12.2. The molecule has 1 aromatic rings. The van der Waals surface area contributed by atoms with Crippen LogP contribution in [-0.2, 0) is 9.31 Å². The van der Waals surface area contributed by atoms with Crippen molar-refractivity contribution in [1.82, 2.24) is 9.78 Å². The normalized spacial score (nSPS) is 26.3. The van der Waals surface area contributed by atoms with E-state index in [1.54, 1.807) is 0 Å². The van der Waals surface area contributed by atoms with Crippen molar-refractivity contribution in [1.29, 1.82) is 0 Å². The molecule has 0 atom stereocenters. The third kappa shape index (κ3) is 1.72. The number of nitrogens with zero attached hydrogens (tertiary/aromatic N) is 2. The highest BCUT2D eigenvalue weighted by atomic mass is 16.7. The lowest BCUT2D eigenvalue weighted by molar-refractivity contribution is 0.00578. The summed E-state index contributed by atoms with van der Waals surface area (Å²) in [5.41, 5.74) is 0.483. The van der Waals surface area contributed by atoms with Crippen molar-refractivity contribution < 1.29 is 9.31 Å². The standard InChI is InChI=1S/C13H21BN2O2/c1-12(2)13(3,4)18-14(17-12)11-8-9-15-16(11)10-6-5-7-10/h8-10H,5-7H2,1-4H3. The summed E-state index contributed by atoms with van der Waals surface area (Å²) in [6, 6.07) is 2.55. The Morgan fingerprint density at radius 1 is 1.22 bits per heavy atom. The molecule has 0 bridgehead atoms. The van der Waals surface area contributed by atoms with Crippen LogP contribution in [-0.4, -0.2) is 28.1 Å². The van der Waals surface area contributed by atoms with Gasteiger partial charge in [-0.05, 0) is 53.0 Å². The topological polar surface area (TPSA) is 36.3 Å². The molecule has 2 aliphatic rings. The van der Waals surface area contributed by atoms with Gasteiger partial charge in [0.2, 0.25) is 0 Å². The van der Waals surface area contributed by atoms with Crippen LogP contribution < -0.4 is 5.59 Å². The minimum absolute atomic E-state index is 0.285. The van der Waals surface area contributed by atoms with Crippen molar-refractivity contribution >= 4 is 12.7 Å². The Morgan fingerprint density at radius 3 is 2.33 bits per heavy atom. The maximum absolute atomic E-state index is 6.08. The molecule has 2 fully saturated rings. The van der Waals surface area contributed by atoms with E-state index in [9.17, 15) is 0 Å². The Balaban J connectivity index is 1.86. The van der Waals surface area contributed by atoms with Crippen LogP contribution in [0.5, 0.6) is 0 Å². The van der Waals surface area contributed by atoms with Gasteiger partial charge in [0.15, 0.2) is 0 Å². The van der Waals surface area contributed by atoms with Gasteiger partial charge in [-0.15, -0.1) is 0 Å². The second-order valence-corrected chi connectivity index (χ2v) is 6.37. The third-order valence-electron chi connectivity index (χ3n) is 4.62. The fraction of sp³-hybridized carbons (Fsp3) is 0.769. The van der Waals surface area contributed by atoms with Crippen LogP contribution in [0.2, 0.25) is 0 Å². The Labute approximate surface area is 109 Å². The molecule has 1 aromatic heterocycles. The maximum atomic E-state index is 6.08. The predicted octanol–water partition coefficient (Wildman–Crippen LogP) is 1.91. The second kappa shape index (κ2) is 3.84. The molecule has 1 aliphatic carbocycles. The first-order valence-electron chi connectivity index (χ1n) is 6.80. The van der Waals surface area contributed by atoms with E-state index in [-0.39, 0.29) is 18.3 Å². The molecule has 1 saturated heterocycles. The number of hydrogen-bond acceptors (Lipinski definition) is 3. The van der Waals surface area contributed by atoms with Crippen molar-refractivity contribution in [3.05, 3.63) is 12.3 Å². The van der Waals surface area contributed by atoms with E-state index in [4.69, 9.17) is 9.31 Å². The van der Waals surface area contributed by atoms with Crippen LogP contribution in [0.3, 0.4) is 0 Å². The number of hydrogen-bond donors (Lipinski definition) is 0. The van der Waals surface area contributed by atoms with E-state index in [2.05, 4.69) is 37.5 Å². The monoisotopic (exact) mass is 248 g/mol. The van der Waals surface area contributed by atoms with Crippen molar-refractivity contribution in [3.63, 3.8) is 0 Å². The molecule has 0 amide bonds. The fourth-order valence-corrected chi connectivity index (χ4v) is 2.41. The molecular weight excluding hydrogens is 227 g/mol. The molecule has 0 spiro atoms. The average molecular weight is 248 g/mol. The molecule has 4 nitrogen and oxygen atoms in total. The molecule has 3 rings (SSSR count). The lowest BCUT2D eigenvalue weighted by Crippen LogP contribution is -2.42. The number of rotatable bonds is 2. The van der Waals surface area contributed by atoms with Crippen molar-refractivity contribution in [2.75, 3.05) is 0 Å². The minimum Gasteiger partial charge on any atom is -0.398 e. The van der Waals surface area contributed by atoms with Gasteiger partial charge >= 0.3 is 7.12 Å². The summed E-state index contributed by atoms with van der Waals surface area (Å²) in [5.74, 6) is 0. The highest BCUT2D eigenvalue weighted by Crippen LogP contribution is 2.37. The van der Waals surface area contributed by atoms with Gasteiger partial charge in [0.25, 0.3) is 0 Å². The van der Waals surface area contributed by atoms with Gasteiger partial charge < -0.3 is 9.31 Å². The van der Waals surface area contributed by atoms with Crippen LogP contribution in [0.25, 0.3) is 0 Å². The fourth-order valence-electron chi connectivity index (χ4n) is 2.41. The van der Waals surface area contributed by atoms with Crippen LogP contribution in [0, 0.1) is 0 Å². The van der Waals surface area contributed by atoms with Gasteiger partial charge in [-0.1, -0.05) is 0 Å². The largest absolute Gasteiger partial charge is 0.514 e. The molecule has 2 heterocycles. The molecule has 98 valence electrons. The third-order valence-corrected chi connectivity index (χ3v) is 4.62. The van der Waals surface area contributed by atoms with Crippen molar-refractivity contribution in [2.45, 2.75) is 64.2 Å². The van der Waals surface area contributed by atoms with Gasteiger partial charge in [-0.3, -0.25) is 4.68 Å². The lowest BCUT2D eigenvalue weighted by Gasteiger charge is -2.32. The van der Waals surface area contributed by atoms with E-state index in [0.717, 1.165) is 5.59 Å². The summed E-state index contributed by atoms with van der Waals surface area (Å²) in [7, 11) is -0.293. The highest BCUT2D eigenvalue weighted by molar-refractivity contribution is 6.61. The Hall–Kier alpha value is -0.805. The summed E-state index contributed by atoms with van der Waals surface area (Å²) in [6.45, 7) is 8.32. The SMILES string of the molecule is CC1(C)OB(c2ccnn2C2CCC2)OC1(C)C. The summed E-state index contributed by atoms with van der Waals surface area (Å²) in [6.07, 6.45) is 5.58. The molecule has 5 heteroatoms. The van der Waals surface area contributed by atoms with E-state index in [0.29, 0.717) is 6.04 Å². The smallest absolute Gasteiger partial charge is 0.398 e. The van der Waals surface area contributed by atoms with Gasteiger partial charge in [-0.2, -0.15) is 5.10 Å². The van der Waals surface area contributed by atoms with Crippen LogP contribution >= 0.6 is 0 Å². The van der Waals surface area contributed by atoms with E-state index >= 15 is 0 Å². The zero-order valence-corrected chi connectivity index (χ0v) is 11.6. The summed E-state index contributed by atoms with van der Waals surface area (Å²) in [4.78, 5) is 0. The predicted molar refractivity (Wildman–Crippen MR) is 70.8 cm³/mol. The molecule has 0 N–H and O–H groups in total. The molecule has 18 heavy (non-hydrogen) atoms. The second-order valence-electron chi connectivity index (χ2n) is 6.37. The van der Waals surface area contributed by atoms with E-state index < -0.39 is 0 Å². The lowest BCUT2D eigenvalue weighted by atomic mass is 9.83. The van der Waals surface area contributed by atoms with Gasteiger partial charge in [0.1, 0.15) is 0 Å². The zero-order valence-electron chi connectivity index (χ0n) is 11.6. The van der Waals surface area contributed by atoms with Crippen molar-refractivity contribution in [3.8, 4) is 0 Å². The Morgan fingerprint density at radius 2 is 1.83 bits per heavy atom. The first-order chi connectivity index (χ1) is 8.41. The molecule has 0 aromatic carbocycles. The maximum Gasteiger partial charge on any atom is 0.514 e. The Bertz CT molecular complexity index is 436. The van der Waals surface area contributed by atoms with Crippen molar-refractivity contribution in [2.24, 2.45) is 0 Å². The molecular formula is C13H21BN2O2. The van der Waals surface area contributed by atoms with E-state index in [1.807, 2.05) is 12.3 Å². The molecule has 1 saturated carbocycles. The van der Waals surface area contributed by atoms with Crippen LogP contribution in [0.15, 0.2) is 12.3 Å². The van der Waals surface area contributed by atoms with Crippen LogP contribution in [0.4, 0.5) is 0 Å². The number of aromatic nitrogens is 2. The van der Waals surface area contributed by atoms with Crippen LogP contribution in [0.1, 0.15) is 53.0 Å². The van der Waals surface area contributed by atoms with Gasteiger partial charge in [-0.25, -0.2) is 0 Å². The van der Waals surface area contributed by atoms with E-state index in [1.165, 1.54) is 19.3 Å². The quantitative estimate of drug-likeness (QED) is 0.750. The molecule has 0 unspecified atom stereocenters.